The monoisotopic (exact) mass is 258 g/mol. The third-order valence-corrected chi connectivity index (χ3v) is 3.34. The summed E-state index contributed by atoms with van der Waals surface area (Å²) in [6.07, 6.45) is 5.92. The van der Waals surface area contributed by atoms with Crippen molar-refractivity contribution in [2.75, 3.05) is 33.2 Å². The molecular formula is C15H34N2O. The summed E-state index contributed by atoms with van der Waals surface area (Å²) < 4.78 is 6.11. The van der Waals surface area contributed by atoms with E-state index in [0.29, 0.717) is 12.2 Å². The Kier molecular flexibility index (Phi) is 11.9. The van der Waals surface area contributed by atoms with E-state index >= 15 is 0 Å². The Hall–Kier alpha value is -0.120. The Morgan fingerprint density at radius 2 is 1.28 bits per heavy atom. The second kappa shape index (κ2) is 11.9. The Morgan fingerprint density at radius 3 is 1.78 bits per heavy atom. The van der Waals surface area contributed by atoms with Crippen LogP contribution in [0.3, 0.4) is 0 Å². The highest BCUT2D eigenvalue weighted by Crippen LogP contribution is 2.17. The molecule has 0 aromatic carbocycles. The van der Waals surface area contributed by atoms with Crippen molar-refractivity contribution in [3.05, 3.63) is 0 Å². The molecule has 2 rings (SSSR count). The zero-order valence-corrected chi connectivity index (χ0v) is 13.2. The van der Waals surface area contributed by atoms with Crippen molar-refractivity contribution in [3.63, 3.8) is 0 Å². The summed E-state index contributed by atoms with van der Waals surface area (Å²) in [6.45, 7) is 12.7. The van der Waals surface area contributed by atoms with Gasteiger partial charge in [-0.25, -0.2) is 0 Å². The van der Waals surface area contributed by atoms with Gasteiger partial charge in [0.1, 0.15) is 0 Å². The molecule has 2 heterocycles. The van der Waals surface area contributed by atoms with Gasteiger partial charge in [0.25, 0.3) is 0 Å². The number of ether oxygens (including phenoxy) is 1. The summed E-state index contributed by atoms with van der Waals surface area (Å²) in [5, 5.41) is 3.37. The van der Waals surface area contributed by atoms with Crippen LogP contribution in [0.1, 0.15) is 53.4 Å². The maximum absolute atomic E-state index is 6.11. The van der Waals surface area contributed by atoms with Crippen LogP contribution >= 0.6 is 0 Å². The van der Waals surface area contributed by atoms with E-state index < -0.39 is 0 Å². The molecule has 0 bridgehead atoms. The topological polar surface area (TPSA) is 24.5 Å². The molecule has 2 aliphatic heterocycles. The molecular weight excluding hydrogens is 224 g/mol. The predicted molar refractivity (Wildman–Crippen MR) is 80.2 cm³/mol. The number of rotatable bonds is 2. The van der Waals surface area contributed by atoms with E-state index in [1.165, 1.54) is 38.8 Å². The Bertz CT molecular complexity index is 162. The fourth-order valence-electron chi connectivity index (χ4n) is 2.32. The number of nitrogens with zero attached hydrogens (tertiary/aromatic N) is 1. The number of nitrogens with one attached hydrogen (secondary N) is 1. The molecule has 2 saturated heterocycles. The fraction of sp³-hybridized carbons (Fsp3) is 1.00. The van der Waals surface area contributed by atoms with E-state index in [0.717, 1.165) is 13.1 Å². The van der Waals surface area contributed by atoms with E-state index in [1.807, 2.05) is 27.7 Å². The van der Waals surface area contributed by atoms with Gasteiger partial charge in [-0.1, -0.05) is 27.7 Å². The lowest BCUT2D eigenvalue weighted by molar-refractivity contribution is -0.0505. The fourth-order valence-corrected chi connectivity index (χ4v) is 2.32. The van der Waals surface area contributed by atoms with Crippen LogP contribution in [-0.2, 0) is 4.74 Å². The van der Waals surface area contributed by atoms with Crippen molar-refractivity contribution in [1.82, 2.24) is 10.2 Å². The summed E-state index contributed by atoms with van der Waals surface area (Å²) in [7, 11) is 2.20. The van der Waals surface area contributed by atoms with Gasteiger partial charge in [-0.3, -0.25) is 0 Å². The first-order valence-electron chi connectivity index (χ1n) is 7.89. The minimum atomic E-state index is 0.532. The summed E-state index contributed by atoms with van der Waals surface area (Å²) in [6, 6.07) is 0. The molecule has 1 N–H and O–H groups in total. The highest BCUT2D eigenvalue weighted by Gasteiger charge is 2.22. The molecule has 0 aromatic rings. The first kappa shape index (κ1) is 17.9. The number of piperidine rings is 2. The van der Waals surface area contributed by atoms with Crippen molar-refractivity contribution in [1.29, 1.82) is 0 Å². The summed E-state index contributed by atoms with van der Waals surface area (Å²) >= 11 is 0. The normalized spacial score (nSPS) is 22.5. The van der Waals surface area contributed by atoms with Crippen molar-refractivity contribution in [2.45, 2.75) is 65.6 Å². The average molecular weight is 258 g/mol. The van der Waals surface area contributed by atoms with Gasteiger partial charge >= 0.3 is 0 Å². The van der Waals surface area contributed by atoms with Gasteiger partial charge in [-0.05, 0) is 45.8 Å². The van der Waals surface area contributed by atoms with Crippen LogP contribution in [0.2, 0.25) is 0 Å². The van der Waals surface area contributed by atoms with Gasteiger partial charge in [0.15, 0.2) is 0 Å². The number of hydrogen-bond acceptors (Lipinski definition) is 3. The van der Waals surface area contributed by atoms with Gasteiger partial charge in [0.2, 0.25) is 0 Å². The number of likely N-dealkylation sites (tertiary alicyclic amines) is 1. The second-order valence-corrected chi connectivity index (χ2v) is 4.59. The molecule has 18 heavy (non-hydrogen) atoms. The SMILES string of the molecule is CC.CC.CN1CCC(OC2CCNCC2)CC1. The first-order chi connectivity index (χ1) is 8.84. The summed E-state index contributed by atoms with van der Waals surface area (Å²) in [5.74, 6) is 0. The Morgan fingerprint density at radius 1 is 0.833 bits per heavy atom. The van der Waals surface area contributed by atoms with Crippen LogP contribution in [0.25, 0.3) is 0 Å². The largest absolute Gasteiger partial charge is 0.375 e. The van der Waals surface area contributed by atoms with Crippen molar-refractivity contribution >= 4 is 0 Å². The van der Waals surface area contributed by atoms with E-state index in [9.17, 15) is 0 Å². The molecule has 0 saturated carbocycles. The quantitative estimate of drug-likeness (QED) is 0.824. The van der Waals surface area contributed by atoms with Crippen molar-refractivity contribution in [2.24, 2.45) is 0 Å². The highest BCUT2D eigenvalue weighted by atomic mass is 16.5. The predicted octanol–water partition coefficient (Wildman–Crippen LogP) is 2.90. The van der Waals surface area contributed by atoms with Crippen molar-refractivity contribution < 1.29 is 4.74 Å². The zero-order valence-electron chi connectivity index (χ0n) is 13.2. The molecule has 0 amide bonds. The van der Waals surface area contributed by atoms with Crippen LogP contribution in [-0.4, -0.2) is 50.3 Å². The lowest BCUT2D eigenvalue weighted by Gasteiger charge is -2.33. The van der Waals surface area contributed by atoms with Crippen LogP contribution in [0.4, 0.5) is 0 Å². The van der Waals surface area contributed by atoms with Crippen LogP contribution in [0.15, 0.2) is 0 Å². The molecule has 0 aromatic heterocycles. The molecule has 110 valence electrons. The Balaban J connectivity index is 0.000000659. The molecule has 2 fully saturated rings. The molecule has 2 aliphatic rings. The first-order valence-corrected chi connectivity index (χ1v) is 7.89. The van der Waals surface area contributed by atoms with Gasteiger partial charge in [-0.2, -0.15) is 0 Å². The third-order valence-electron chi connectivity index (χ3n) is 3.34. The molecule has 0 atom stereocenters. The summed E-state index contributed by atoms with van der Waals surface area (Å²) in [4.78, 5) is 2.39. The van der Waals surface area contributed by atoms with Gasteiger partial charge < -0.3 is 15.0 Å². The van der Waals surface area contributed by atoms with E-state index in [1.54, 1.807) is 0 Å². The average Bonchev–Trinajstić information content (AvgIpc) is 2.47. The van der Waals surface area contributed by atoms with Crippen LogP contribution in [0.5, 0.6) is 0 Å². The van der Waals surface area contributed by atoms with Gasteiger partial charge in [0.05, 0.1) is 12.2 Å². The molecule has 3 heteroatoms. The minimum absolute atomic E-state index is 0.532. The molecule has 0 aliphatic carbocycles. The van der Waals surface area contributed by atoms with Gasteiger partial charge in [0, 0.05) is 13.1 Å². The van der Waals surface area contributed by atoms with Crippen LogP contribution < -0.4 is 5.32 Å². The number of hydrogen-bond donors (Lipinski definition) is 1. The zero-order chi connectivity index (χ0) is 13.8. The lowest BCUT2D eigenvalue weighted by atomic mass is 10.1. The summed E-state index contributed by atoms with van der Waals surface area (Å²) in [5.41, 5.74) is 0. The standard InChI is InChI=1S/C11H22N2O.2C2H6/c1-13-8-4-11(5-9-13)14-10-2-6-12-7-3-10;2*1-2/h10-12H,2-9H2,1H3;2*1-2H3. The molecule has 0 spiro atoms. The van der Waals surface area contributed by atoms with E-state index in [-0.39, 0.29) is 0 Å². The molecule has 3 nitrogen and oxygen atoms in total. The maximum atomic E-state index is 6.11. The smallest absolute Gasteiger partial charge is 0.0603 e. The highest BCUT2D eigenvalue weighted by molar-refractivity contribution is 4.74. The minimum Gasteiger partial charge on any atom is -0.375 e. The van der Waals surface area contributed by atoms with E-state index in [2.05, 4.69) is 17.3 Å². The van der Waals surface area contributed by atoms with Crippen molar-refractivity contribution in [3.8, 4) is 0 Å². The van der Waals surface area contributed by atoms with Crippen LogP contribution in [0, 0.1) is 0 Å². The lowest BCUT2D eigenvalue weighted by Crippen LogP contribution is -2.39. The third kappa shape index (κ3) is 7.34. The van der Waals surface area contributed by atoms with Gasteiger partial charge in [-0.15, -0.1) is 0 Å². The molecule has 0 unspecified atom stereocenters. The second-order valence-electron chi connectivity index (χ2n) is 4.59. The maximum Gasteiger partial charge on any atom is 0.0603 e. The van der Waals surface area contributed by atoms with E-state index in [4.69, 9.17) is 4.74 Å². The molecule has 0 radical (unpaired) electrons. The Labute approximate surface area is 114 Å².